The zero-order valence-corrected chi connectivity index (χ0v) is 11.0. The maximum atomic E-state index is 13.0. The molecule has 0 amide bonds. The van der Waals surface area contributed by atoms with Crippen molar-refractivity contribution in [3.63, 3.8) is 0 Å². The van der Waals surface area contributed by atoms with Gasteiger partial charge in [-0.25, -0.2) is 14.4 Å². The lowest BCUT2D eigenvalue weighted by Gasteiger charge is -2.09. The Morgan fingerprint density at radius 1 is 1.15 bits per heavy atom. The summed E-state index contributed by atoms with van der Waals surface area (Å²) in [6, 6.07) is 6.90. The van der Waals surface area contributed by atoms with Crippen LogP contribution in [-0.2, 0) is 6.18 Å². The molecule has 0 unspecified atom stereocenters. The van der Waals surface area contributed by atoms with Crippen LogP contribution in [0.2, 0.25) is 0 Å². The highest BCUT2D eigenvalue weighted by atomic mass is 32.2. The van der Waals surface area contributed by atoms with E-state index in [-0.39, 0.29) is 10.8 Å². The number of nitrogens with zero attached hydrogens (tertiary/aromatic N) is 2. The standard InChI is InChI=1S/C12H9F4N3S/c1-17-9-6-10(19-11(18-9)12(14,15)16)20-8-4-2-3-7(13)5-8/h2-6H,1H3,(H,17,18,19). The summed E-state index contributed by atoms with van der Waals surface area (Å²) in [6.07, 6.45) is -4.63. The Bertz CT molecular complexity index is 616. The molecule has 0 fully saturated rings. The quantitative estimate of drug-likeness (QED) is 0.691. The lowest BCUT2D eigenvalue weighted by atomic mass is 10.4. The lowest BCUT2D eigenvalue weighted by molar-refractivity contribution is -0.145. The second kappa shape index (κ2) is 5.66. The molecule has 0 atom stereocenters. The van der Waals surface area contributed by atoms with E-state index >= 15 is 0 Å². The molecule has 20 heavy (non-hydrogen) atoms. The summed E-state index contributed by atoms with van der Waals surface area (Å²) >= 11 is 0.930. The molecule has 0 spiro atoms. The Labute approximate surface area is 116 Å². The minimum absolute atomic E-state index is 0.0474. The summed E-state index contributed by atoms with van der Waals surface area (Å²) in [4.78, 5) is 7.25. The smallest absolute Gasteiger partial charge is 0.373 e. The second-order valence-corrected chi connectivity index (χ2v) is 4.82. The van der Waals surface area contributed by atoms with Gasteiger partial charge in [-0.05, 0) is 18.2 Å². The van der Waals surface area contributed by atoms with E-state index in [4.69, 9.17) is 0 Å². The third kappa shape index (κ3) is 3.60. The second-order valence-electron chi connectivity index (χ2n) is 3.72. The minimum Gasteiger partial charge on any atom is -0.373 e. The third-order valence-corrected chi connectivity index (χ3v) is 3.14. The van der Waals surface area contributed by atoms with Gasteiger partial charge in [-0.15, -0.1) is 0 Å². The number of alkyl halides is 3. The van der Waals surface area contributed by atoms with Crippen LogP contribution in [0.1, 0.15) is 5.82 Å². The van der Waals surface area contributed by atoms with Gasteiger partial charge < -0.3 is 5.32 Å². The highest BCUT2D eigenvalue weighted by Gasteiger charge is 2.35. The van der Waals surface area contributed by atoms with Crippen LogP contribution in [0.5, 0.6) is 0 Å². The van der Waals surface area contributed by atoms with E-state index in [2.05, 4.69) is 15.3 Å². The molecule has 0 aliphatic heterocycles. The fourth-order valence-corrected chi connectivity index (χ4v) is 2.25. The van der Waals surface area contributed by atoms with Crippen molar-refractivity contribution in [2.75, 3.05) is 12.4 Å². The Morgan fingerprint density at radius 2 is 1.90 bits per heavy atom. The highest BCUT2D eigenvalue weighted by molar-refractivity contribution is 7.99. The van der Waals surface area contributed by atoms with E-state index in [1.807, 2.05) is 0 Å². The summed E-state index contributed by atoms with van der Waals surface area (Å²) in [5.41, 5.74) is 0. The van der Waals surface area contributed by atoms with Crippen LogP contribution in [0.4, 0.5) is 23.4 Å². The van der Waals surface area contributed by atoms with Gasteiger partial charge in [0, 0.05) is 18.0 Å². The van der Waals surface area contributed by atoms with Crippen LogP contribution in [-0.4, -0.2) is 17.0 Å². The first-order chi connectivity index (χ1) is 9.38. The van der Waals surface area contributed by atoms with Crippen molar-refractivity contribution in [1.29, 1.82) is 0 Å². The van der Waals surface area contributed by atoms with Gasteiger partial charge in [-0.2, -0.15) is 13.2 Å². The first-order valence-corrected chi connectivity index (χ1v) is 6.27. The predicted molar refractivity (Wildman–Crippen MR) is 67.1 cm³/mol. The van der Waals surface area contributed by atoms with Crippen LogP contribution in [0, 0.1) is 5.82 Å². The summed E-state index contributed by atoms with van der Waals surface area (Å²) in [6.45, 7) is 0. The maximum absolute atomic E-state index is 13.0. The molecule has 0 aliphatic carbocycles. The summed E-state index contributed by atoms with van der Waals surface area (Å²) in [5.74, 6) is -1.65. The van der Waals surface area contributed by atoms with E-state index in [0.29, 0.717) is 4.90 Å². The normalized spacial score (nSPS) is 11.4. The molecule has 1 N–H and O–H groups in total. The number of hydrogen-bond donors (Lipinski definition) is 1. The number of anilines is 1. The predicted octanol–water partition coefficient (Wildman–Crippen LogP) is 3.83. The Kier molecular flexibility index (Phi) is 4.12. The number of rotatable bonds is 3. The molecule has 0 saturated heterocycles. The van der Waals surface area contributed by atoms with Gasteiger partial charge in [0.2, 0.25) is 5.82 Å². The van der Waals surface area contributed by atoms with Crippen molar-refractivity contribution >= 4 is 17.6 Å². The van der Waals surface area contributed by atoms with Gasteiger partial charge in [0.1, 0.15) is 16.7 Å². The lowest BCUT2D eigenvalue weighted by Crippen LogP contribution is -2.12. The number of nitrogens with one attached hydrogen (secondary N) is 1. The van der Waals surface area contributed by atoms with Gasteiger partial charge in [0.05, 0.1) is 0 Å². The van der Waals surface area contributed by atoms with Crippen LogP contribution in [0.3, 0.4) is 0 Å². The number of hydrogen-bond acceptors (Lipinski definition) is 4. The van der Waals surface area contributed by atoms with Gasteiger partial charge in [0.25, 0.3) is 0 Å². The fraction of sp³-hybridized carbons (Fsp3) is 0.167. The van der Waals surface area contributed by atoms with E-state index in [1.54, 1.807) is 6.07 Å². The molecule has 2 rings (SSSR count). The van der Waals surface area contributed by atoms with Crippen molar-refractivity contribution in [3.8, 4) is 0 Å². The monoisotopic (exact) mass is 303 g/mol. The number of aromatic nitrogens is 2. The first kappa shape index (κ1) is 14.6. The zero-order valence-electron chi connectivity index (χ0n) is 10.2. The summed E-state index contributed by atoms with van der Waals surface area (Å²) < 4.78 is 51.0. The van der Waals surface area contributed by atoms with Crippen molar-refractivity contribution in [3.05, 3.63) is 42.0 Å². The van der Waals surface area contributed by atoms with E-state index < -0.39 is 17.8 Å². The van der Waals surface area contributed by atoms with Crippen molar-refractivity contribution in [2.45, 2.75) is 16.1 Å². The van der Waals surface area contributed by atoms with E-state index in [0.717, 1.165) is 11.8 Å². The molecule has 2 aromatic rings. The van der Waals surface area contributed by atoms with Crippen LogP contribution >= 0.6 is 11.8 Å². The van der Waals surface area contributed by atoms with Gasteiger partial charge in [-0.1, -0.05) is 17.8 Å². The summed E-state index contributed by atoms with van der Waals surface area (Å²) in [5, 5.41) is 2.62. The molecule has 1 heterocycles. The number of halogens is 4. The molecule has 3 nitrogen and oxygen atoms in total. The van der Waals surface area contributed by atoms with Crippen LogP contribution in [0.25, 0.3) is 0 Å². The zero-order chi connectivity index (χ0) is 14.8. The minimum atomic E-state index is -4.63. The van der Waals surface area contributed by atoms with E-state index in [1.165, 1.54) is 31.3 Å². The Hall–Kier alpha value is -1.83. The molecule has 0 bridgehead atoms. The van der Waals surface area contributed by atoms with Crippen LogP contribution in [0.15, 0.2) is 40.3 Å². The molecule has 8 heteroatoms. The first-order valence-electron chi connectivity index (χ1n) is 5.46. The van der Waals surface area contributed by atoms with Crippen molar-refractivity contribution < 1.29 is 17.6 Å². The molecule has 0 saturated carbocycles. The van der Waals surface area contributed by atoms with Crippen molar-refractivity contribution in [1.82, 2.24) is 9.97 Å². The highest BCUT2D eigenvalue weighted by Crippen LogP contribution is 2.32. The summed E-state index contributed by atoms with van der Waals surface area (Å²) in [7, 11) is 1.46. The average molecular weight is 303 g/mol. The maximum Gasteiger partial charge on any atom is 0.451 e. The molecular weight excluding hydrogens is 294 g/mol. The number of benzene rings is 1. The van der Waals surface area contributed by atoms with Gasteiger partial charge in [-0.3, -0.25) is 0 Å². The molecule has 0 radical (unpaired) electrons. The molecular formula is C12H9F4N3S. The molecule has 1 aromatic heterocycles. The Morgan fingerprint density at radius 3 is 2.50 bits per heavy atom. The Balaban J connectivity index is 2.36. The average Bonchev–Trinajstić information content (AvgIpc) is 2.37. The van der Waals surface area contributed by atoms with Crippen LogP contribution < -0.4 is 5.32 Å². The third-order valence-electron chi connectivity index (χ3n) is 2.23. The van der Waals surface area contributed by atoms with Crippen molar-refractivity contribution in [2.24, 2.45) is 0 Å². The molecule has 106 valence electrons. The fourth-order valence-electron chi connectivity index (χ4n) is 1.38. The van der Waals surface area contributed by atoms with Gasteiger partial charge >= 0.3 is 6.18 Å². The SMILES string of the molecule is CNc1cc(Sc2cccc(F)c2)nc(C(F)(F)F)n1. The van der Waals surface area contributed by atoms with Gasteiger partial charge in [0.15, 0.2) is 0 Å². The van der Waals surface area contributed by atoms with E-state index in [9.17, 15) is 17.6 Å². The molecule has 1 aromatic carbocycles. The topological polar surface area (TPSA) is 37.8 Å². The molecule has 0 aliphatic rings. The largest absolute Gasteiger partial charge is 0.451 e.